The maximum Gasteiger partial charge on any atom is 0.310 e. The van der Waals surface area contributed by atoms with Gasteiger partial charge in [0.25, 0.3) is 5.91 Å². The third-order valence-electron chi connectivity index (χ3n) is 5.17. The molecule has 0 radical (unpaired) electrons. The highest BCUT2D eigenvalue weighted by Gasteiger charge is 2.35. The van der Waals surface area contributed by atoms with Gasteiger partial charge in [0.1, 0.15) is 5.82 Å². The second-order valence-corrected chi connectivity index (χ2v) is 8.24. The number of hydrogen-bond acceptors (Lipinski definition) is 5. The Balaban J connectivity index is 1.39. The van der Waals surface area contributed by atoms with Crippen molar-refractivity contribution in [3.63, 3.8) is 0 Å². The largest absolute Gasteiger partial charge is 0.455 e. The minimum atomic E-state index is -0.447. The number of anilines is 1. The second-order valence-electron chi connectivity index (χ2n) is 7.18. The van der Waals surface area contributed by atoms with Crippen molar-refractivity contribution in [2.45, 2.75) is 31.6 Å². The third-order valence-corrected chi connectivity index (χ3v) is 6.34. The number of halogens is 1. The zero-order valence-corrected chi connectivity index (χ0v) is 16.6. The van der Waals surface area contributed by atoms with Crippen LogP contribution in [0.2, 0.25) is 0 Å². The van der Waals surface area contributed by atoms with Gasteiger partial charge in [-0.1, -0.05) is 25.0 Å². The van der Waals surface area contributed by atoms with Gasteiger partial charge in [0.05, 0.1) is 21.1 Å². The molecule has 3 aromatic rings. The van der Waals surface area contributed by atoms with E-state index in [0.717, 1.165) is 40.9 Å². The average Bonchev–Trinajstić information content (AvgIpc) is 3.18. The quantitative estimate of drug-likeness (QED) is 0.606. The fourth-order valence-electron chi connectivity index (χ4n) is 3.73. The molecule has 0 bridgehead atoms. The number of amides is 1. The topological polar surface area (TPSA) is 68.3 Å². The molecule has 1 amide bonds. The van der Waals surface area contributed by atoms with E-state index in [9.17, 15) is 14.0 Å². The number of rotatable bonds is 5. The Morgan fingerprint density at radius 2 is 1.86 bits per heavy atom. The van der Waals surface area contributed by atoms with Crippen molar-refractivity contribution in [1.82, 2.24) is 4.98 Å². The van der Waals surface area contributed by atoms with Crippen molar-refractivity contribution in [1.29, 1.82) is 0 Å². The lowest BCUT2D eigenvalue weighted by Crippen LogP contribution is -2.30. The summed E-state index contributed by atoms with van der Waals surface area (Å²) >= 11 is 1.62. The number of nitrogens with one attached hydrogen (secondary N) is 1. The number of para-hydroxylation sites is 1. The van der Waals surface area contributed by atoms with Crippen molar-refractivity contribution in [2.75, 3.05) is 11.9 Å². The molecule has 1 N–H and O–H groups in total. The van der Waals surface area contributed by atoms with Crippen LogP contribution < -0.4 is 5.32 Å². The zero-order valence-electron chi connectivity index (χ0n) is 15.8. The summed E-state index contributed by atoms with van der Waals surface area (Å²) in [4.78, 5) is 29.5. The molecule has 1 aromatic heterocycles. The first-order valence-corrected chi connectivity index (χ1v) is 10.5. The molecule has 1 heterocycles. The molecular formula is C22H21FN2O3S. The predicted molar refractivity (Wildman–Crippen MR) is 110 cm³/mol. The maximum absolute atomic E-state index is 12.9. The lowest BCUT2D eigenvalue weighted by atomic mass is 9.79. The number of carbonyl (C=O) groups excluding carboxylic acids is 2. The van der Waals surface area contributed by atoms with Gasteiger partial charge in [-0.2, -0.15) is 0 Å². The van der Waals surface area contributed by atoms with E-state index in [1.165, 1.54) is 24.3 Å². The van der Waals surface area contributed by atoms with Gasteiger partial charge in [-0.05, 0) is 49.2 Å². The highest BCUT2D eigenvalue weighted by molar-refractivity contribution is 7.18. The van der Waals surface area contributed by atoms with Crippen LogP contribution >= 0.6 is 11.3 Å². The van der Waals surface area contributed by atoms with E-state index in [1.807, 2.05) is 24.3 Å². The Kier molecular flexibility index (Phi) is 5.85. The molecule has 1 fully saturated rings. The van der Waals surface area contributed by atoms with Gasteiger partial charge in [-0.3, -0.25) is 9.59 Å². The summed E-state index contributed by atoms with van der Waals surface area (Å²) in [6.45, 7) is -0.362. The molecule has 4 rings (SSSR count). The molecule has 29 heavy (non-hydrogen) atoms. The average molecular weight is 412 g/mol. The fraction of sp³-hybridized carbons (Fsp3) is 0.318. The van der Waals surface area contributed by atoms with Crippen LogP contribution in [0.3, 0.4) is 0 Å². The van der Waals surface area contributed by atoms with Gasteiger partial charge >= 0.3 is 5.97 Å². The molecule has 0 spiro atoms. The second kappa shape index (κ2) is 8.69. The highest BCUT2D eigenvalue weighted by Crippen LogP contribution is 2.41. The van der Waals surface area contributed by atoms with Crippen LogP contribution in [0.25, 0.3) is 10.2 Å². The summed E-state index contributed by atoms with van der Waals surface area (Å²) in [6.07, 6.45) is 3.64. The van der Waals surface area contributed by atoms with Crippen molar-refractivity contribution in [3.05, 3.63) is 59.4 Å². The monoisotopic (exact) mass is 412 g/mol. The number of thiazole rings is 1. The predicted octanol–water partition coefficient (Wildman–Crippen LogP) is 4.89. The number of fused-ring (bicyclic) bond motifs is 1. The minimum absolute atomic E-state index is 0.0220. The summed E-state index contributed by atoms with van der Waals surface area (Å²) in [5.74, 6) is -1.45. The number of benzene rings is 2. The lowest BCUT2D eigenvalue weighted by molar-refractivity contribution is -0.153. The first kappa shape index (κ1) is 19.5. The number of carbonyl (C=O) groups is 2. The van der Waals surface area contributed by atoms with Crippen LogP contribution in [0.4, 0.5) is 10.1 Å². The summed E-state index contributed by atoms with van der Waals surface area (Å²) in [5.41, 5.74) is 1.40. The van der Waals surface area contributed by atoms with E-state index < -0.39 is 5.91 Å². The van der Waals surface area contributed by atoms with E-state index >= 15 is 0 Å². The van der Waals surface area contributed by atoms with E-state index in [1.54, 1.807) is 11.3 Å². The summed E-state index contributed by atoms with van der Waals surface area (Å²) < 4.78 is 19.4. The van der Waals surface area contributed by atoms with Crippen LogP contribution in [0.5, 0.6) is 0 Å². The summed E-state index contributed by atoms with van der Waals surface area (Å²) in [7, 11) is 0. The molecule has 5 nitrogen and oxygen atoms in total. The molecule has 1 saturated carbocycles. The van der Waals surface area contributed by atoms with Gasteiger partial charge < -0.3 is 10.1 Å². The Labute approximate surface area is 171 Å². The van der Waals surface area contributed by atoms with Gasteiger partial charge in [0, 0.05) is 11.6 Å². The molecule has 1 aliphatic rings. The minimum Gasteiger partial charge on any atom is -0.455 e. The van der Waals surface area contributed by atoms with Gasteiger partial charge in [-0.25, -0.2) is 9.37 Å². The molecule has 0 unspecified atom stereocenters. The van der Waals surface area contributed by atoms with E-state index in [-0.39, 0.29) is 30.2 Å². The fourth-order valence-corrected chi connectivity index (χ4v) is 4.90. The number of ether oxygens (including phenoxy) is 1. The number of esters is 1. The van der Waals surface area contributed by atoms with Crippen LogP contribution in [0.1, 0.15) is 36.6 Å². The third kappa shape index (κ3) is 4.62. The SMILES string of the molecule is O=C(COC(=O)[C@H]1CCCC[C@@H]1c1nc2ccccc2s1)Nc1ccc(F)cc1. The molecule has 1 aliphatic carbocycles. The Morgan fingerprint density at radius 3 is 2.66 bits per heavy atom. The Hall–Kier alpha value is -2.80. The van der Waals surface area contributed by atoms with E-state index in [0.29, 0.717) is 5.69 Å². The highest BCUT2D eigenvalue weighted by atomic mass is 32.1. The smallest absolute Gasteiger partial charge is 0.310 e. The summed E-state index contributed by atoms with van der Waals surface area (Å²) in [5, 5.41) is 3.56. The Bertz CT molecular complexity index is 985. The van der Waals surface area contributed by atoms with Gasteiger partial charge in [0.2, 0.25) is 0 Å². The van der Waals surface area contributed by atoms with Crippen LogP contribution in [0.15, 0.2) is 48.5 Å². The molecule has 2 aromatic carbocycles. The number of nitrogens with zero attached hydrogens (tertiary/aromatic N) is 1. The van der Waals surface area contributed by atoms with Crippen molar-refractivity contribution in [3.8, 4) is 0 Å². The molecule has 0 aliphatic heterocycles. The molecule has 2 atom stereocenters. The molecule has 7 heteroatoms. The normalized spacial score (nSPS) is 19.1. The first-order valence-electron chi connectivity index (χ1n) is 9.67. The van der Waals surface area contributed by atoms with Gasteiger partial charge in [-0.15, -0.1) is 11.3 Å². The summed E-state index contributed by atoms with van der Waals surface area (Å²) in [6, 6.07) is 13.4. The zero-order chi connectivity index (χ0) is 20.2. The molecule has 0 saturated heterocycles. The number of aromatic nitrogens is 1. The maximum atomic E-state index is 12.9. The first-order chi connectivity index (χ1) is 14.1. The molecular weight excluding hydrogens is 391 g/mol. The van der Waals surface area contributed by atoms with Crippen molar-refractivity contribution in [2.24, 2.45) is 5.92 Å². The lowest BCUT2D eigenvalue weighted by Gasteiger charge is -2.28. The number of hydrogen-bond donors (Lipinski definition) is 1. The van der Waals surface area contributed by atoms with Gasteiger partial charge in [0.15, 0.2) is 6.61 Å². The van der Waals surface area contributed by atoms with Crippen LogP contribution in [0, 0.1) is 11.7 Å². The van der Waals surface area contributed by atoms with Crippen LogP contribution in [-0.4, -0.2) is 23.5 Å². The Morgan fingerprint density at radius 1 is 1.10 bits per heavy atom. The standard InChI is InChI=1S/C22H21FN2O3S/c23-14-9-11-15(12-10-14)24-20(26)13-28-22(27)17-6-2-1-5-16(17)21-25-18-7-3-4-8-19(18)29-21/h3-4,7-12,16-17H,1-2,5-6,13H2,(H,24,26)/t16-,17-/m0/s1. The van der Waals surface area contributed by atoms with E-state index in [4.69, 9.17) is 9.72 Å². The van der Waals surface area contributed by atoms with Crippen molar-refractivity contribution < 1.29 is 18.7 Å². The van der Waals surface area contributed by atoms with Crippen molar-refractivity contribution >= 4 is 39.1 Å². The van der Waals surface area contributed by atoms with Crippen LogP contribution in [-0.2, 0) is 14.3 Å². The molecule has 150 valence electrons. The van der Waals surface area contributed by atoms with E-state index in [2.05, 4.69) is 5.32 Å².